The summed E-state index contributed by atoms with van der Waals surface area (Å²) in [6.45, 7) is 7.49. The largest absolute Gasteiger partial charge is 0.306 e. The maximum Gasteiger partial charge on any atom is 0.0685 e. The van der Waals surface area contributed by atoms with Crippen molar-refractivity contribution >= 4 is 49.9 Å². The molecule has 0 spiro atoms. The van der Waals surface area contributed by atoms with E-state index in [1.165, 1.54) is 28.9 Å². The van der Waals surface area contributed by atoms with Crippen LogP contribution in [0.15, 0.2) is 28.7 Å². The molecule has 0 bridgehead atoms. The predicted octanol–water partition coefficient (Wildman–Crippen LogP) is 5.43. The molecule has 19 heavy (non-hydrogen) atoms. The number of benzene rings is 1. The Kier molecular flexibility index (Phi) is 5.45. The van der Waals surface area contributed by atoms with E-state index >= 15 is 0 Å². The first-order valence-electron chi connectivity index (χ1n) is 6.28. The molecule has 0 fully saturated rings. The third-order valence-corrected chi connectivity index (χ3v) is 5.63. The normalized spacial score (nSPS) is 12.7. The van der Waals surface area contributed by atoms with Gasteiger partial charge in [-0.15, -0.1) is 11.3 Å². The fraction of sp³-hybridized carbons (Fsp3) is 0.333. The average molecular weight is 450 g/mol. The highest BCUT2D eigenvalue weighted by Crippen LogP contribution is 2.35. The highest BCUT2D eigenvalue weighted by atomic mass is 127. The van der Waals surface area contributed by atoms with Crippen molar-refractivity contribution in [2.45, 2.75) is 26.8 Å². The Hall–Kier alpha value is 0.0900. The summed E-state index contributed by atoms with van der Waals surface area (Å²) in [5.74, 6) is 0. The Morgan fingerprint density at radius 2 is 2.05 bits per heavy atom. The van der Waals surface area contributed by atoms with E-state index in [-0.39, 0.29) is 6.04 Å². The molecule has 4 heteroatoms. The Morgan fingerprint density at radius 1 is 1.32 bits per heavy atom. The number of hydrogen-bond donors (Lipinski definition) is 1. The second kappa shape index (κ2) is 6.70. The van der Waals surface area contributed by atoms with Gasteiger partial charge in [-0.2, -0.15) is 0 Å². The van der Waals surface area contributed by atoms with Crippen LogP contribution in [-0.4, -0.2) is 6.54 Å². The monoisotopic (exact) mass is 449 g/mol. The molecule has 1 N–H and O–H groups in total. The number of thiophene rings is 1. The smallest absolute Gasteiger partial charge is 0.0685 e. The van der Waals surface area contributed by atoms with Crippen LogP contribution in [0.2, 0.25) is 0 Å². The summed E-state index contributed by atoms with van der Waals surface area (Å²) in [5, 5.41) is 3.61. The second-order valence-electron chi connectivity index (χ2n) is 4.56. The van der Waals surface area contributed by atoms with Crippen LogP contribution < -0.4 is 5.32 Å². The highest BCUT2D eigenvalue weighted by molar-refractivity contribution is 14.1. The van der Waals surface area contributed by atoms with Gasteiger partial charge >= 0.3 is 0 Å². The van der Waals surface area contributed by atoms with E-state index in [4.69, 9.17) is 0 Å². The molecule has 1 heterocycles. The SMILES string of the molecule is CCNC(c1cc(I)ccc1Br)c1sc(C)cc1C. The minimum atomic E-state index is 0.271. The van der Waals surface area contributed by atoms with Crippen molar-refractivity contribution in [3.8, 4) is 0 Å². The van der Waals surface area contributed by atoms with Gasteiger partial charge in [0, 0.05) is 17.8 Å². The molecule has 0 aliphatic heterocycles. The van der Waals surface area contributed by atoms with Crippen LogP contribution in [0.1, 0.15) is 33.8 Å². The van der Waals surface area contributed by atoms with Crippen LogP contribution >= 0.6 is 49.9 Å². The van der Waals surface area contributed by atoms with Crippen LogP contribution in [0, 0.1) is 17.4 Å². The zero-order valence-electron chi connectivity index (χ0n) is 11.3. The van der Waals surface area contributed by atoms with Gasteiger partial charge < -0.3 is 5.32 Å². The van der Waals surface area contributed by atoms with Gasteiger partial charge in [-0.05, 0) is 78.4 Å². The average Bonchev–Trinajstić information content (AvgIpc) is 2.69. The van der Waals surface area contributed by atoms with E-state index in [0.29, 0.717) is 0 Å². The fourth-order valence-electron chi connectivity index (χ4n) is 2.23. The number of aryl methyl sites for hydroxylation is 2. The van der Waals surface area contributed by atoms with Gasteiger partial charge in [-0.25, -0.2) is 0 Å². The van der Waals surface area contributed by atoms with Crippen LogP contribution in [-0.2, 0) is 0 Å². The van der Waals surface area contributed by atoms with E-state index in [1.807, 2.05) is 11.3 Å². The number of nitrogens with one attached hydrogen (secondary N) is 1. The second-order valence-corrected chi connectivity index (χ2v) is 7.95. The van der Waals surface area contributed by atoms with Gasteiger partial charge in [0.2, 0.25) is 0 Å². The Balaban J connectivity index is 2.51. The molecular formula is C15H17BrINS. The number of hydrogen-bond acceptors (Lipinski definition) is 2. The first-order valence-corrected chi connectivity index (χ1v) is 8.97. The Bertz CT molecular complexity index is 580. The van der Waals surface area contributed by atoms with Gasteiger partial charge in [-0.1, -0.05) is 22.9 Å². The minimum Gasteiger partial charge on any atom is -0.306 e. The van der Waals surface area contributed by atoms with E-state index in [0.717, 1.165) is 6.54 Å². The maximum absolute atomic E-state index is 3.69. The topological polar surface area (TPSA) is 12.0 Å². The van der Waals surface area contributed by atoms with Crippen molar-refractivity contribution in [1.29, 1.82) is 0 Å². The molecule has 0 radical (unpaired) electrons. The van der Waals surface area contributed by atoms with Crippen LogP contribution in [0.5, 0.6) is 0 Å². The molecule has 1 aromatic heterocycles. The number of rotatable bonds is 4. The quantitative estimate of drug-likeness (QED) is 0.613. The highest BCUT2D eigenvalue weighted by Gasteiger charge is 2.20. The van der Waals surface area contributed by atoms with Gasteiger partial charge in [0.25, 0.3) is 0 Å². The first kappa shape index (κ1) is 15.5. The number of halogens is 2. The minimum absolute atomic E-state index is 0.271. The molecule has 0 saturated carbocycles. The zero-order valence-corrected chi connectivity index (χ0v) is 15.8. The third kappa shape index (κ3) is 3.60. The van der Waals surface area contributed by atoms with Crippen molar-refractivity contribution in [2.24, 2.45) is 0 Å². The lowest BCUT2D eigenvalue weighted by Gasteiger charge is -2.20. The van der Waals surface area contributed by atoms with Gasteiger partial charge in [0.05, 0.1) is 6.04 Å². The van der Waals surface area contributed by atoms with E-state index in [9.17, 15) is 0 Å². The molecule has 0 saturated heterocycles. The third-order valence-electron chi connectivity index (χ3n) is 3.02. The summed E-state index contributed by atoms with van der Waals surface area (Å²) >= 11 is 7.95. The summed E-state index contributed by atoms with van der Waals surface area (Å²) in [4.78, 5) is 2.79. The molecule has 2 aromatic rings. The molecule has 1 unspecified atom stereocenters. The lowest BCUT2D eigenvalue weighted by Crippen LogP contribution is -2.22. The summed E-state index contributed by atoms with van der Waals surface area (Å²) in [7, 11) is 0. The fourth-order valence-corrected chi connectivity index (χ4v) is 4.35. The van der Waals surface area contributed by atoms with Crippen LogP contribution in [0.25, 0.3) is 0 Å². The molecule has 0 amide bonds. The standard InChI is InChI=1S/C15H17BrINS/c1-4-18-14(15-9(2)7-10(3)19-15)12-8-11(17)5-6-13(12)16/h5-8,14,18H,4H2,1-3H3. The lowest BCUT2D eigenvalue weighted by atomic mass is 10.0. The zero-order chi connectivity index (χ0) is 14.0. The van der Waals surface area contributed by atoms with Crippen LogP contribution in [0.4, 0.5) is 0 Å². The van der Waals surface area contributed by atoms with Crippen molar-refractivity contribution in [3.05, 3.63) is 53.2 Å². The van der Waals surface area contributed by atoms with Gasteiger partial charge in [0.1, 0.15) is 0 Å². The Labute approximate surface area is 141 Å². The molecular weight excluding hydrogens is 433 g/mol. The van der Waals surface area contributed by atoms with Gasteiger partial charge in [0.15, 0.2) is 0 Å². The summed E-state index contributed by atoms with van der Waals surface area (Å²) in [5.41, 5.74) is 2.69. The summed E-state index contributed by atoms with van der Waals surface area (Å²) in [6, 6.07) is 9.06. The van der Waals surface area contributed by atoms with E-state index in [1.54, 1.807) is 0 Å². The van der Waals surface area contributed by atoms with Crippen molar-refractivity contribution in [2.75, 3.05) is 6.54 Å². The molecule has 1 atom stereocenters. The van der Waals surface area contributed by atoms with Gasteiger partial charge in [-0.3, -0.25) is 0 Å². The Morgan fingerprint density at radius 3 is 2.63 bits per heavy atom. The first-order chi connectivity index (χ1) is 9.02. The van der Waals surface area contributed by atoms with E-state index < -0.39 is 0 Å². The van der Waals surface area contributed by atoms with Crippen molar-refractivity contribution < 1.29 is 0 Å². The molecule has 1 nitrogen and oxygen atoms in total. The van der Waals surface area contributed by atoms with Crippen LogP contribution in [0.3, 0.4) is 0 Å². The summed E-state index contributed by atoms with van der Waals surface area (Å²) in [6.07, 6.45) is 0. The van der Waals surface area contributed by atoms with E-state index in [2.05, 4.69) is 88.9 Å². The molecule has 0 aliphatic carbocycles. The van der Waals surface area contributed by atoms with Crippen molar-refractivity contribution in [1.82, 2.24) is 5.32 Å². The molecule has 2 rings (SSSR count). The summed E-state index contributed by atoms with van der Waals surface area (Å²) < 4.78 is 2.44. The predicted molar refractivity (Wildman–Crippen MR) is 96.2 cm³/mol. The lowest BCUT2D eigenvalue weighted by molar-refractivity contribution is 0.635. The molecule has 102 valence electrons. The molecule has 1 aromatic carbocycles. The van der Waals surface area contributed by atoms with Crippen molar-refractivity contribution in [3.63, 3.8) is 0 Å². The maximum atomic E-state index is 3.69. The molecule has 0 aliphatic rings.